The fourth-order valence-electron chi connectivity index (χ4n) is 3.03. The summed E-state index contributed by atoms with van der Waals surface area (Å²) in [6.07, 6.45) is 1.12. The Morgan fingerprint density at radius 3 is 2.18 bits per heavy atom. The van der Waals surface area contributed by atoms with Gasteiger partial charge in [-0.3, -0.25) is 30.9 Å². The summed E-state index contributed by atoms with van der Waals surface area (Å²) in [6, 6.07) is 7.40. The van der Waals surface area contributed by atoms with E-state index in [0.29, 0.717) is 35.2 Å². The minimum atomic E-state index is -0.273. The lowest BCUT2D eigenvalue weighted by Gasteiger charge is -2.24. The number of aliphatic imine (C=N–C) groups is 1. The number of amides is 1. The smallest absolute Gasteiger partial charge is 0.221 e. The highest BCUT2D eigenvalue weighted by atomic mass is 35.5. The van der Waals surface area contributed by atoms with Crippen LogP contribution in [0, 0.1) is 30.1 Å². The summed E-state index contributed by atoms with van der Waals surface area (Å²) in [7, 11) is 0. The van der Waals surface area contributed by atoms with Gasteiger partial charge in [0.2, 0.25) is 6.41 Å². The lowest BCUT2D eigenvalue weighted by atomic mass is 10.00. The maximum atomic E-state index is 8.94. The number of benzene rings is 1. The standard InChI is InChI=1S/C19H21ClN4S.C3H7N.CH4N2O/c1-5-15-18(22)24(12(4)21)19-16(10(2)11(3)25-19)17(23-15)13-6-8-14(20)9-7-13;1-3(2)4;2-3-1-4/h6-9,15,21-22H,5H2,1-4H3;4H,1-2H3;1H,2H2,(H,3,4)/t15-;;/m0../s1. The fraction of sp³-hybridized carbons (Fsp3) is 0.348. The Morgan fingerprint density at radius 1 is 1.24 bits per heavy atom. The van der Waals surface area contributed by atoms with E-state index in [4.69, 9.17) is 37.6 Å². The molecule has 1 aliphatic heterocycles. The van der Waals surface area contributed by atoms with E-state index in [0.717, 1.165) is 27.4 Å². The molecular weight excluding hydrogens is 458 g/mol. The largest absolute Gasteiger partial charge is 0.310 e. The summed E-state index contributed by atoms with van der Waals surface area (Å²) in [6.45, 7) is 11.4. The maximum absolute atomic E-state index is 8.94. The van der Waals surface area contributed by atoms with Crippen molar-refractivity contribution < 1.29 is 4.79 Å². The van der Waals surface area contributed by atoms with Crippen LogP contribution in [-0.4, -0.2) is 35.5 Å². The Kier molecular flexibility index (Phi) is 11.1. The molecule has 178 valence electrons. The van der Waals surface area contributed by atoms with Crippen molar-refractivity contribution in [3.8, 4) is 0 Å². The molecule has 1 aromatic heterocycles. The first-order valence-corrected chi connectivity index (χ1v) is 11.5. The number of rotatable bonds is 3. The van der Waals surface area contributed by atoms with Gasteiger partial charge in [-0.2, -0.15) is 0 Å². The number of nitrogens with one attached hydrogen (secondary N) is 4. The van der Waals surface area contributed by atoms with Crippen LogP contribution in [-0.2, 0) is 4.79 Å². The van der Waals surface area contributed by atoms with Crippen molar-refractivity contribution in [1.29, 1.82) is 16.2 Å². The summed E-state index contributed by atoms with van der Waals surface area (Å²) < 4.78 is 0. The van der Waals surface area contributed by atoms with Gasteiger partial charge in [0.1, 0.15) is 22.7 Å². The van der Waals surface area contributed by atoms with Gasteiger partial charge in [0.15, 0.2) is 0 Å². The first-order valence-electron chi connectivity index (χ1n) is 10.3. The second kappa shape index (κ2) is 13.0. The Labute approximate surface area is 204 Å². The molecule has 8 nitrogen and oxygen atoms in total. The van der Waals surface area contributed by atoms with Crippen LogP contribution in [0.4, 0.5) is 5.00 Å². The minimum absolute atomic E-state index is 0.273. The molecule has 1 aliphatic rings. The third-order valence-corrected chi connectivity index (χ3v) is 6.00. The van der Waals surface area contributed by atoms with E-state index < -0.39 is 0 Å². The molecule has 2 aromatic rings. The molecule has 10 heteroatoms. The number of hydrogen-bond donors (Lipinski definition) is 5. The van der Waals surface area contributed by atoms with Gasteiger partial charge in [-0.05, 0) is 58.7 Å². The van der Waals surface area contributed by atoms with Crippen molar-refractivity contribution in [2.45, 2.75) is 54.0 Å². The molecule has 0 spiro atoms. The number of amidine groups is 2. The number of halogens is 1. The molecule has 2 heterocycles. The SMILES string of the molecule is CC(C)=N.CC[C@@H]1N=C(c2ccc(Cl)cc2)c2c(sc(C)c2C)N(C(C)=N)C1=N.NNC=O. The lowest BCUT2D eigenvalue weighted by Crippen LogP contribution is -2.39. The second-order valence-corrected chi connectivity index (χ2v) is 9.10. The van der Waals surface area contributed by atoms with Gasteiger partial charge in [0.25, 0.3) is 0 Å². The summed E-state index contributed by atoms with van der Waals surface area (Å²) in [5.74, 6) is 5.12. The van der Waals surface area contributed by atoms with Crippen molar-refractivity contribution in [3.63, 3.8) is 0 Å². The number of fused-ring (bicyclic) bond motifs is 1. The predicted molar refractivity (Wildman–Crippen MR) is 141 cm³/mol. The summed E-state index contributed by atoms with van der Waals surface area (Å²) in [5, 5.41) is 25.0. The number of hydrazine groups is 1. The summed E-state index contributed by atoms with van der Waals surface area (Å²) in [5.41, 5.74) is 6.47. The fourth-order valence-corrected chi connectivity index (χ4v) is 4.38. The lowest BCUT2D eigenvalue weighted by molar-refractivity contribution is -0.109. The van der Waals surface area contributed by atoms with Gasteiger partial charge in [-0.25, -0.2) is 5.84 Å². The zero-order valence-electron chi connectivity index (χ0n) is 19.8. The first-order chi connectivity index (χ1) is 15.5. The molecule has 1 aromatic carbocycles. The van der Waals surface area contributed by atoms with Gasteiger partial charge in [-0.15, -0.1) is 11.3 Å². The van der Waals surface area contributed by atoms with Crippen LogP contribution >= 0.6 is 22.9 Å². The van der Waals surface area contributed by atoms with E-state index in [9.17, 15) is 0 Å². The molecule has 0 unspecified atom stereocenters. The highest BCUT2D eigenvalue weighted by Gasteiger charge is 2.32. The van der Waals surface area contributed by atoms with E-state index in [2.05, 4.69) is 19.7 Å². The zero-order chi connectivity index (χ0) is 25.3. The molecule has 1 amide bonds. The van der Waals surface area contributed by atoms with Crippen LogP contribution in [0.15, 0.2) is 29.3 Å². The Balaban J connectivity index is 0.000000591. The van der Waals surface area contributed by atoms with Crippen molar-refractivity contribution in [2.24, 2.45) is 10.8 Å². The van der Waals surface area contributed by atoms with Gasteiger partial charge >= 0.3 is 0 Å². The van der Waals surface area contributed by atoms with Crippen LogP contribution < -0.4 is 16.2 Å². The molecule has 0 bridgehead atoms. The number of hydrogen-bond acceptors (Lipinski definition) is 7. The minimum Gasteiger partial charge on any atom is -0.310 e. The van der Waals surface area contributed by atoms with Crippen molar-refractivity contribution >= 4 is 57.4 Å². The number of nitrogens with two attached hydrogens (primary N) is 1. The van der Waals surface area contributed by atoms with Crippen LogP contribution in [0.25, 0.3) is 0 Å². The van der Waals surface area contributed by atoms with Gasteiger partial charge in [0.05, 0.1) is 5.71 Å². The molecule has 3 rings (SSSR count). The molecule has 1 atom stereocenters. The van der Waals surface area contributed by atoms with Crippen molar-refractivity contribution in [3.05, 3.63) is 50.9 Å². The molecule has 0 saturated carbocycles. The number of carbonyl (C=O) groups is 1. The average molecular weight is 490 g/mol. The third-order valence-electron chi connectivity index (χ3n) is 4.56. The Bertz CT molecular complexity index is 1040. The first kappa shape index (κ1) is 28.2. The highest BCUT2D eigenvalue weighted by Crippen LogP contribution is 2.40. The van der Waals surface area contributed by atoms with E-state index in [1.165, 1.54) is 4.88 Å². The van der Waals surface area contributed by atoms with Gasteiger partial charge in [-0.1, -0.05) is 30.7 Å². The normalized spacial score (nSPS) is 14.4. The van der Waals surface area contributed by atoms with Crippen LogP contribution in [0.1, 0.15) is 55.7 Å². The number of nitrogens with zero attached hydrogens (tertiary/aromatic N) is 2. The van der Waals surface area contributed by atoms with E-state index >= 15 is 0 Å². The molecule has 6 N–H and O–H groups in total. The molecule has 0 aliphatic carbocycles. The predicted octanol–water partition coefficient (Wildman–Crippen LogP) is 5.08. The van der Waals surface area contributed by atoms with E-state index in [1.807, 2.05) is 31.2 Å². The molecule has 0 fully saturated rings. The van der Waals surface area contributed by atoms with E-state index in [-0.39, 0.29) is 6.04 Å². The van der Waals surface area contributed by atoms with Crippen LogP contribution in [0.5, 0.6) is 0 Å². The van der Waals surface area contributed by atoms with Gasteiger partial charge in [0, 0.05) is 26.7 Å². The monoisotopic (exact) mass is 489 g/mol. The molecule has 0 radical (unpaired) electrons. The quantitative estimate of drug-likeness (QED) is 0.102. The van der Waals surface area contributed by atoms with Crippen molar-refractivity contribution in [2.75, 3.05) is 4.90 Å². The number of aryl methyl sites for hydroxylation is 1. The Hall–Kier alpha value is -2.88. The number of anilines is 1. The Morgan fingerprint density at radius 2 is 1.76 bits per heavy atom. The second-order valence-electron chi connectivity index (χ2n) is 7.46. The topological polar surface area (TPSA) is 142 Å². The zero-order valence-corrected chi connectivity index (χ0v) is 21.4. The van der Waals surface area contributed by atoms with Gasteiger partial charge < -0.3 is 5.41 Å². The van der Waals surface area contributed by atoms with Crippen molar-refractivity contribution in [1.82, 2.24) is 5.43 Å². The van der Waals surface area contributed by atoms with Crippen LogP contribution in [0.2, 0.25) is 5.02 Å². The molecular formula is C23H32ClN7OS. The van der Waals surface area contributed by atoms with Crippen LogP contribution in [0.3, 0.4) is 0 Å². The summed E-state index contributed by atoms with van der Waals surface area (Å²) in [4.78, 5) is 16.8. The molecule has 33 heavy (non-hydrogen) atoms. The third kappa shape index (κ3) is 7.31. The number of thiophene rings is 1. The molecule has 0 saturated heterocycles. The summed E-state index contributed by atoms with van der Waals surface area (Å²) >= 11 is 7.68. The van der Waals surface area contributed by atoms with E-state index in [1.54, 1.807) is 42.4 Å². The highest BCUT2D eigenvalue weighted by molar-refractivity contribution is 7.17. The number of carbonyl (C=O) groups excluding carboxylic acids is 1. The average Bonchev–Trinajstić information content (AvgIpc) is 2.96. The maximum Gasteiger partial charge on any atom is 0.221 e.